The highest BCUT2D eigenvalue weighted by Crippen LogP contribution is 2.33. The number of nitrogens with zero attached hydrogens (tertiary/aromatic N) is 2. The van der Waals surface area contributed by atoms with Crippen molar-refractivity contribution < 1.29 is 43.3 Å². The van der Waals surface area contributed by atoms with Crippen molar-refractivity contribution in [3.8, 4) is 22.6 Å². The van der Waals surface area contributed by atoms with Gasteiger partial charge in [-0.2, -0.15) is 0 Å². The quantitative estimate of drug-likeness (QED) is 0.0537. The molecule has 1 aliphatic rings. The van der Waals surface area contributed by atoms with Crippen LogP contribution in [0.4, 0.5) is 9.59 Å². The minimum Gasteiger partial charge on any atom is -0.489 e. The summed E-state index contributed by atoms with van der Waals surface area (Å²) >= 11 is 0. The predicted octanol–water partition coefficient (Wildman–Crippen LogP) is 7.64. The van der Waals surface area contributed by atoms with Crippen LogP contribution >= 0.6 is 0 Å². The Balaban J connectivity index is 1.32. The van der Waals surface area contributed by atoms with Gasteiger partial charge in [0.2, 0.25) is 17.7 Å². The van der Waals surface area contributed by atoms with E-state index in [2.05, 4.69) is 16.0 Å². The minimum atomic E-state index is -1.32. The summed E-state index contributed by atoms with van der Waals surface area (Å²) < 4.78 is 18.6. The number of carbonyl (C=O) groups is 5. The molecule has 0 saturated heterocycles. The SMILES string of the molecule is CCN1C(=O)[C@H](CCCN(Cc2ccccc2)C(=O)O)NC(=O)[C@@H](NC(=O)OCc2ccccc2)Cc2cc(ccc2OCc2ccccc2)-c2ccc(OCc3ccccc3)c(c2)C[C@H]1C(=O)NCCN. The van der Waals surface area contributed by atoms with Crippen LogP contribution in [0, 0.1) is 0 Å². The fourth-order valence-corrected chi connectivity index (χ4v) is 8.58. The lowest BCUT2D eigenvalue weighted by atomic mass is 9.94. The molecule has 0 spiro atoms. The maximum atomic E-state index is 15.3. The topological polar surface area (TPSA) is 202 Å². The van der Waals surface area contributed by atoms with Gasteiger partial charge in [0.15, 0.2) is 0 Å². The molecule has 15 nitrogen and oxygen atoms in total. The average Bonchev–Trinajstić information content (AvgIpc) is 3.41. The number of alkyl carbamates (subject to hydrolysis) is 1. The van der Waals surface area contributed by atoms with Gasteiger partial charge in [0.25, 0.3) is 0 Å². The Morgan fingerprint density at radius 1 is 0.708 bits per heavy atom. The molecule has 374 valence electrons. The molecule has 6 aromatic carbocycles. The fourth-order valence-electron chi connectivity index (χ4n) is 8.58. The Kier molecular flexibility index (Phi) is 18.8. The number of carbonyl (C=O) groups excluding carboxylic acids is 4. The second-order valence-electron chi connectivity index (χ2n) is 17.5. The third kappa shape index (κ3) is 14.7. The van der Waals surface area contributed by atoms with E-state index < -0.39 is 48.0 Å². The monoisotopic (exact) mass is 974 g/mol. The molecule has 0 fully saturated rings. The van der Waals surface area contributed by atoms with Gasteiger partial charge >= 0.3 is 12.2 Å². The van der Waals surface area contributed by atoms with Crippen LogP contribution in [0.3, 0.4) is 0 Å². The summed E-state index contributed by atoms with van der Waals surface area (Å²) in [7, 11) is 0. The van der Waals surface area contributed by atoms with Crippen LogP contribution in [0.15, 0.2) is 158 Å². The fraction of sp³-hybridized carbons (Fsp3) is 0.281. The van der Waals surface area contributed by atoms with E-state index in [1.165, 1.54) is 9.80 Å². The number of amides is 5. The average molecular weight is 975 g/mol. The number of nitrogens with two attached hydrogens (primary N) is 1. The van der Waals surface area contributed by atoms with Gasteiger partial charge in [0.1, 0.15) is 49.4 Å². The molecular weight excluding hydrogens is 913 g/mol. The Hall–Kier alpha value is -8.17. The Morgan fingerprint density at radius 2 is 1.22 bits per heavy atom. The second kappa shape index (κ2) is 26.2. The number of rotatable bonds is 19. The summed E-state index contributed by atoms with van der Waals surface area (Å²) in [5.74, 6) is -0.797. The van der Waals surface area contributed by atoms with Crippen molar-refractivity contribution in [3.63, 3.8) is 0 Å². The van der Waals surface area contributed by atoms with Crippen molar-refractivity contribution in [2.45, 2.75) is 77.1 Å². The van der Waals surface area contributed by atoms with E-state index in [4.69, 9.17) is 19.9 Å². The van der Waals surface area contributed by atoms with E-state index in [0.29, 0.717) is 22.6 Å². The molecule has 6 aromatic rings. The Morgan fingerprint density at radius 3 is 1.74 bits per heavy atom. The van der Waals surface area contributed by atoms with Gasteiger partial charge < -0.3 is 50.8 Å². The Labute approximate surface area is 420 Å². The summed E-state index contributed by atoms with van der Waals surface area (Å²) in [4.78, 5) is 73.6. The zero-order chi connectivity index (χ0) is 50.7. The van der Waals surface area contributed by atoms with Gasteiger partial charge in [-0.3, -0.25) is 14.4 Å². The van der Waals surface area contributed by atoms with Crippen molar-refractivity contribution >= 4 is 29.9 Å². The van der Waals surface area contributed by atoms with Gasteiger partial charge in [-0.1, -0.05) is 133 Å². The molecule has 4 bridgehead atoms. The number of hydrogen-bond acceptors (Lipinski definition) is 9. The van der Waals surface area contributed by atoms with Gasteiger partial charge in [0.05, 0.1) is 0 Å². The van der Waals surface area contributed by atoms with Gasteiger partial charge in [0, 0.05) is 45.6 Å². The summed E-state index contributed by atoms with van der Waals surface area (Å²) in [5.41, 5.74) is 11.9. The smallest absolute Gasteiger partial charge is 0.408 e. The van der Waals surface area contributed by atoms with Crippen LogP contribution in [0.2, 0.25) is 0 Å². The molecule has 0 saturated carbocycles. The van der Waals surface area contributed by atoms with Crippen molar-refractivity contribution in [2.75, 3.05) is 26.2 Å². The number of carboxylic acid groups (broad SMARTS) is 1. The summed E-state index contributed by atoms with van der Waals surface area (Å²) in [6.45, 7) is 2.59. The van der Waals surface area contributed by atoms with E-state index in [1.807, 2.05) is 158 Å². The Bertz CT molecular complexity index is 2730. The van der Waals surface area contributed by atoms with Crippen LogP contribution in [0.1, 0.15) is 53.1 Å². The minimum absolute atomic E-state index is 0.0149. The number of ether oxygens (including phenoxy) is 3. The molecule has 0 aliphatic carbocycles. The van der Waals surface area contributed by atoms with Crippen LogP contribution < -0.4 is 31.2 Å². The molecule has 72 heavy (non-hydrogen) atoms. The molecule has 0 unspecified atom stereocenters. The number of benzene rings is 6. The highest BCUT2D eigenvalue weighted by molar-refractivity contribution is 5.94. The molecule has 1 aliphatic heterocycles. The molecule has 15 heteroatoms. The number of nitrogens with one attached hydrogen (secondary N) is 3. The molecule has 0 aromatic heterocycles. The van der Waals surface area contributed by atoms with Crippen LogP contribution in [-0.2, 0) is 58.3 Å². The van der Waals surface area contributed by atoms with E-state index in [-0.39, 0.29) is 78.2 Å². The number of likely N-dealkylation sites (N-methyl/N-ethyl adjacent to an activating group) is 1. The highest BCUT2D eigenvalue weighted by atomic mass is 16.5. The van der Waals surface area contributed by atoms with Gasteiger partial charge in [-0.15, -0.1) is 0 Å². The first-order valence-corrected chi connectivity index (χ1v) is 24.3. The van der Waals surface area contributed by atoms with E-state index in [9.17, 15) is 24.3 Å². The zero-order valence-electron chi connectivity index (χ0n) is 40.4. The zero-order valence-corrected chi connectivity index (χ0v) is 40.4. The van der Waals surface area contributed by atoms with Crippen molar-refractivity contribution in [1.82, 2.24) is 25.8 Å². The van der Waals surface area contributed by atoms with Crippen molar-refractivity contribution in [2.24, 2.45) is 5.73 Å². The number of fused-ring (bicyclic) bond motifs is 5. The molecule has 7 rings (SSSR count). The third-order valence-electron chi connectivity index (χ3n) is 12.4. The van der Waals surface area contributed by atoms with Crippen molar-refractivity contribution in [1.29, 1.82) is 0 Å². The molecule has 0 radical (unpaired) electrons. The lowest BCUT2D eigenvalue weighted by Crippen LogP contribution is -2.59. The maximum Gasteiger partial charge on any atom is 0.408 e. The summed E-state index contributed by atoms with van der Waals surface area (Å²) in [6.07, 6.45) is -1.98. The maximum absolute atomic E-state index is 15.3. The van der Waals surface area contributed by atoms with Crippen LogP contribution in [0.25, 0.3) is 11.1 Å². The van der Waals surface area contributed by atoms with E-state index >= 15 is 4.79 Å². The van der Waals surface area contributed by atoms with E-state index in [1.54, 1.807) is 6.92 Å². The molecule has 5 amide bonds. The molecule has 1 heterocycles. The third-order valence-corrected chi connectivity index (χ3v) is 12.4. The number of hydrogen-bond donors (Lipinski definition) is 5. The second-order valence-corrected chi connectivity index (χ2v) is 17.5. The van der Waals surface area contributed by atoms with Crippen molar-refractivity contribution in [3.05, 3.63) is 191 Å². The largest absolute Gasteiger partial charge is 0.489 e. The van der Waals surface area contributed by atoms with Gasteiger partial charge in [-0.05, 0) is 88.5 Å². The van der Waals surface area contributed by atoms with Gasteiger partial charge in [-0.25, -0.2) is 9.59 Å². The normalized spacial score (nSPS) is 15.8. The lowest BCUT2D eigenvalue weighted by molar-refractivity contribution is -0.143. The lowest BCUT2D eigenvalue weighted by Gasteiger charge is -2.34. The first kappa shape index (κ1) is 51.7. The predicted molar refractivity (Wildman–Crippen MR) is 274 cm³/mol. The first-order valence-electron chi connectivity index (χ1n) is 24.3. The van der Waals surface area contributed by atoms with Crippen LogP contribution in [0.5, 0.6) is 11.5 Å². The summed E-state index contributed by atoms with van der Waals surface area (Å²) in [5, 5.41) is 18.9. The highest BCUT2D eigenvalue weighted by Gasteiger charge is 2.36. The van der Waals surface area contributed by atoms with Crippen LogP contribution in [-0.4, -0.2) is 89.1 Å². The molecule has 6 N–H and O–H groups in total. The summed E-state index contributed by atoms with van der Waals surface area (Å²) in [6, 6.07) is 45.2. The molecule has 3 atom stereocenters. The molecular formula is C57H62N6O9. The van der Waals surface area contributed by atoms with E-state index in [0.717, 1.165) is 33.4 Å². The standard InChI is InChI=1S/C57H62N6O9/c1-2-63-50(54(65)59-30-29-58)35-47-33-45(26-28-52(47)71-38-42-20-11-5-12-21-42)44-25-27-51(70-37-41-18-9-4-10-19-41)46(32-44)34-49(61-56(67)72-39-43-22-13-6-14-23-43)53(64)60-48(55(63)66)24-15-31-62(57(68)69)36-40-16-7-3-8-17-40/h3-14,16-23,25-28,32-33,48-50H,2,15,24,29-31,34-39,58H2,1H3,(H,59,65)(H,60,64)(H,61,67)(H,68,69)/t48-,49-,50-/m0/s1. The first-order chi connectivity index (χ1) is 35.1.